The van der Waals surface area contributed by atoms with Gasteiger partial charge >= 0.3 is 18.3 Å². The number of likely N-dealkylation sites (tertiary alicyclic amines) is 2. The van der Waals surface area contributed by atoms with E-state index < -0.39 is 49.0 Å². The molecule has 0 aromatic heterocycles. The molecule has 2 aromatic rings. The van der Waals surface area contributed by atoms with Crippen molar-refractivity contribution < 1.29 is 57.2 Å². The summed E-state index contributed by atoms with van der Waals surface area (Å²) < 4.78 is 45.0. The van der Waals surface area contributed by atoms with Crippen molar-refractivity contribution in [3.63, 3.8) is 0 Å². The SMILES string of the molecule is CC(C)(C)OC(=O)NC[C@H]1CN(c2ccc(C3CCN(C(=O)CO)CC3)c(F)c2)C(=O)O1.NC[C@H]1CN(c2ccc(C3CCN(C(=O)CO)CC3)c(F)c2)C(=O)O1. The molecule has 4 heterocycles. The predicted octanol–water partition coefficient (Wildman–Crippen LogP) is 3.18. The van der Waals surface area contributed by atoms with Gasteiger partial charge in [-0.1, -0.05) is 12.1 Å². The van der Waals surface area contributed by atoms with Gasteiger partial charge in [-0.2, -0.15) is 0 Å². The van der Waals surface area contributed by atoms with Crippen LogP contribution in [0, 0.1) is 11.6 Å². The number of hydrogen-bond acceptors (Lipinski definition) is 11. The molecular formula is C39H52F2N6O10. The van der Waals surface area contributed by atoms with Crippen LogP contribution in [0.25, 0.3) is 0 Å². The fraction of sp³-hybridized carbons (Fsp3) is 0.564. The summed E-state index contributed by atoms with van der Waals surface area (Å²) in [5, 5.41) is 20.4. The molecule has 18 heteroatoms. The summed E-state index contributed by atoms with van der Waals surface area (Å²) in [6.07, 6.45) is -0.184. The number of rotatable bonds is 9. The van der Waals surface area contributed by atoms with Crippen LogP contribution in [0.3, 0.4) is 0 Å². The predicted molar refractivity (Wildman–Crippen MR) is 203 cm³/mol. The highest BCUT2D eigenvalue weighted by Gasteiger charge is 2.35. The monoisotopic (exact) mass is 802 g/mol. The van der Waals surface area contributed by atoms with Crippen molar-refractivity contribution in [2.75, 3.05) is 75.4 Å². The molecule has 312 valence electrons. The number of alkyl carbamates (subject to hydrolysis) is 1. The van der Waals surface area contributed by atoms with Gasteiger partial charge < -0.3 is 45.3 Å². The van der Waals surface area contributed by atoms with Crippen molar-refractivity contribution in [3.8, 4) is 0 Å². The molecule has 0 radical (unpaired) electrons. The first-order chi connectivity index (χ1) is 27.1. The molecule has 2 atom stereocenters. The fourth-order valence-corrected chi connectivity index (χ4v) is 7.31. The number of hydrogen-bond donors (Lipinski definition) is 4. The average Bonchev–Trinajstić information content (AvgIpc) is 3.77. The van der Waals surface area contributed by atoms with Crippen molar-refractivity contribution >= 4 is 41.5 Å². The molecule has 4 fully saturated rings. The Morgan fingerprint density at radius 2 is 1.19 bits per heavy atom. The highest BCUT2D eigenvalue weighted by atomic mass is 19.1. The van der Waals surface area contributed by atoms with E-state index in [4.69, 9.17) is 30.2 Å². The molecule has 0 spiro atoms. The number of carbonyl (C=O) groups excluding carboxylic acids is 5. The molecular weight excluding hydrogens is 750 g/mol. The van der Waals surface area contributed by atoms with Crippen molar-refractivity contribution in [1.82, 2.24) is 15.1 Å². The van der Waals surface area contributed by atoms with E-state index in [1.807, 2.05) is 0 Å². The molecule has 2 aromatic carbocycles. The van der Waals surface area contributed by atoms with Gasteiger partial charge in [-0.3, -0.25) is 19.4 Å². The topological polar surface area (TPSA) is 205 Å². The van der Waals surface area contributed by atoms with Gasteiger partial charge in [0.25, 0.3) is 0 Å². The first-order valence-electron chi connectivity index (χ1n) is 19.1. The second-order valence-corrected chi connectivity index (χ2v) is 15.4. The molecule has 4 aliphatic rings. The maximum Gasteiger partial charge on any atom is 0.414 e. The Morgan fingerprint density at radius 1 is 0.772 bits per heavy atom. The number of halogens is 2. The van der Waals surface area contributed by atoms with Gasteiger partial charge in [0.1, 0.15) is 42.7 Å². The Labute approximate surface area is 329 Å². The molecule has 0 saturated carbocycles. The minimum Gasteiger partial charge on any atom is -0.444 e. The van der Waals surface area contributed by atoms with E-state index in [1.165, 1.54) is 21.9 Å². The fourth-order valence-electron chi connectivity index (χ4n) is 7.31. The van der Waals surface area contributed by atoms with Gasteiger partial charge in [0.2, 0.25) is 11.8 Å². The Kier molecular flexibility index (Phi) is 14.3. The number of aliphatic hydroxyl groups is 2. The molecule has 0 aliphatic carbocycles. The van der Waals surface area contributed by atoms with Gasteiger partial charge in [0.15, 0.2) is 0 Å². The first kappa shape index (κ1) is 43.1. The molecule has 5 N–H and O–H groups in total. The third kappa shape index (κ3) is 11.1. The Balaban J connectivity index is 0.000000224. The molecule has 5 amide bonds. The molecule has 0 unspecified atom stereocenters. The molecule has 4 aliphatic heterocycles. The number of nitrogens with two attached hydrogens (primary N) is 1. The standard InChI is InChI=1S/C22H30FN3O6.C17H22FN3O4/c1-22(2,3)32-20(29)24-11-16-12-26(21(30)31-16)15-4-5-17(18(23)10-15)14-6-8-25(9-7-14)19(28)13-27;18-15-7-12(21-9-13(8-19)25-17(21)24)1-2-14(15)11-3-5-20(6-4-11)16(23)10-22/h4-5,10,14,16,27H,6-9,11-13H2,1-3H3,(H,24,29);1-2,7,11,13,22H,3-6,8-10,19H2/t16-;13-/m00/s1. The van der Waals surface area contributed by atoms with E-state index in [0.29, 0.717) is 80.9 Å². The number of carbonyl (C=O) groups is 5. The van der Waals surface area contributed by atoms with E-state index >= 15 is 0 Å². The lowest BCUT2D eigenvalue weighted by atomic mass is 9.89. The molecule has 6 rings (SSSR count). The van der Waals surface area contributed by atoms with E-state index in [2.05, 4.69) is 5.32 Å². The van der Waals surface area contributed by atoms with E-state index in [-0.39, 0.29) is 55.2 Å². The minimum atomic E-state index is -0.632. The third-order valence-corrected chi connectivity index (χ3v) is 10.3. The first-order valence-corrected chi connectivity index (χ1v) is 19.1. The molecule has 4 saturated heterocycles. The van der Waals surface area contributed by atoms with E-state index in [0.717, 1.165) is 0 Å². The van der Waals surface area contributed by atoms with Crippen molar-refractivity contribution in [3.05, 3.63) is 59.2 Å². The van der Waals surface area contributed by atoms with Crippen LogP contribution in [0.4, 0.5) is 34.5 Å². The van der Waals surface area contributed by atoms with Crippen molar-refractivity contribution in [2.45, 2.75) is 76.1 Å². The second kappa shape index (κ2) is 18.9. The van der Waals surface area contributed by atoms with Crippen LogP contribution in [0.1, 0.15) is 69.4 Å². The number of amides is 5. The van der Waals surface area contributed by atoms with Crippen molar-refractivity contribution in [1.29, 1.82) is 0 Å². The number of nitrogens with one attached hydrogen (secondary N) is 1. The van der Waals surface area contributed by atoms with Crippen LogP contribution >= 0.6 is 0 Å². The lowest BCUT2D eigenvalue weighted by molar-refractivity contribution is -0.135. The van der Waals surface area contributed by atoms with Gasteiger partial charge in [0.05, 0.1) is 31.0 Å². The maximum atomic E-state index is 14.9. The number of cyclic esters (lactones) is 2. The summed E-state index contributed by atoms with van der Waals surface area (Å²) in [7, 11) is 0. The highest BCUT2D eigenvalue weighted by Crippen LogP contribution is 2.34. The zero-order valence-electron chi connectivity index (χ0n) is 32.5. The summed E-state index contributed by atoms with van der Waals surface area (Å²) in [4.78, 5) is 64.9. The van der Waals surface area contributed by atoms with Gasteiger partial charge in [-0.25, -0.2) is 23.2 Å². The van der Waals surface area contributed by atoms with Crippen LogP contribution in [0.2, 0.25) is 0 Å². The molecule has 0 bridgehead atoms. The average molecular weight is 803 g/mol. The van der Waals surface area contributed by atoms with Crippen LogP contribution < -0.4 is 20.9 Å². The highest BCUT2D eigenvalue weighted by molar-refractivity contribution is 5.90. The number of aliphatic hydroxyl groups excluding tert-OH is 2. The largest absolute Gasteiger partial charge is 0.444 e. The zero-order chi connectivity index (χ0) is 41.4. The van der Waals surface area contributed by atoms with Crippen LogP contribution in [0.15, 0.2) is 36.4 Å². The summed E-state index contributed by atoms with van der Waals surface area (Å²) in [5.74, 6) is -1.42. The zero-order valence-corrected chi connectivity index (χ0v) is 32.5. The summed E-state index contributed by atoms with van der Waals surface area (Å²) in [6.45, 7) is 6.98. The van der Waals surface area contributed by atoms with Crippen molar-refractivity contribution in [2.24, 2.45) is 5.73 Å². The molecule has 57 heavy (non-hydrogen) atoms. The number of benzene rings is 2. The number of ether oxygens (including phenoxy) is 3. The number of anilines is 2. The second-order valence-electron chi connectivity index (χ2n) is 15.4. The summed E-state index contributed by atoms with van der Waals surface area (Å²) in [5.41, 5.74) is 6.84. The minimum absolute atomic E-state index is 0.0131. The van der Waals surface area contributed by atoms with Crippen LogP contribution in [-0.2, 0) is 23.8 Å². The van der Waals surface area contributed by atoms with Crippen LogP contribution in [0.5, 0.6) is 0 Å². The summed E-state index contributed by atoms with van der Waals surface area (Å²) >= 11 is 0. The van der Waals surface area contributed by atoms with E-state index in [1.54, 1.807) is 54.8 Å². The van der Waals surface area contributed by atoms with E-state index in [9.17, 15) is 32.8 Å². The normalized spacial score (nSPS) is 20.5. The quantitative estimate of drug-likeness (QED) is 0.271. The Hall–Kier alpha value is -5.07. The van der Waals surface area contributed by atoms with Gasteiger partial charge in [-0.05, 0) is 93.7 Å². The third-order valence-electron chi connectivity index (χ3n) is 10.3. The maximum absolute atomic E-state index is 14.9. The Morgan fingerprint density at radius 3 is 1.56 bits per heavy atom. The lowest BCUT2D eigenvalue weighted by Crippen LogP contribution is -2.39. The smallest absolute Gasteiger partial charge is 0.414 e. The van der Waals surface area contributed by atoms with Gasteiger partial charge in [-0.15, -0.1) is 0 Å². The Bertz CT molecular complexity index is 1780. The van der Waals surface area contributed by atoms with Gasteiger partial charge in [0, 0.05) is 32.7 Å². The lowest BCUT2D eigenvalue weighted by Gasteiger charge is -2.32. The molecule has 16 nitrogen and oxygen atoms in total. The van der Waals surface area contributed by atoms with Crippen LogP contribution in [-0.4, -0.2) is 133 Å². The number of nitrogens with zero attached hydrogens (tertiary/aromatic N) is 4. The summed E-state index contributed by atoms with van der Waals surface area (Å²) in [6, 6.07) is 9.41. The number of piperidine rings is 2.